The van der Waals surface area contributed by atoms with Crippen LogP contribution >= 0.6 is 0 Å². The van der Waals surface area contributed by atoms with Gasteiger partial charge in [0.2, 0.25) is 0 Å². The molecule has 0 spiro atoms. The average molecular weight is 244 g/mol. The molecule has 3 nitrogen and oxygen atoms in total. The summed E-state index contributed by atoms with van der Waals surface area (Å²) in [6.07, 6.45) is 4.85. The monoisotopic (exact) mass is 244 g/mol. The quantitative estimate of drug-likeness (QED) is 0.262. The molecule has 0 saturated carbocycles. The SMILES string of the molecule is C=C/C(=C\C=C(/C)C(=O)Oc1ccccc1)OC. The van der Waals surface area contributed by atoms with Crippen molar-refractivity contribution in [3.8, 4) is 5.75 Å². The van der Waals surface area contributed by atoms with Crippen molar-refractivity contribution in [1.82, 2.24) is 0 Å². The summed E-state index contributed by atoms with van der Waals surface area (Å²) in [5.74, 6) is 0.716. The van der Waals surface area contributed by atoms with Crippen LogP contribution in [0.2, 0.25) is 0 Å². The van der Waals surface area contributed by atoms with E-state index in [4.69, 9.17) is 9.47 Å². The van der Waals surface area contributed by atoms with Crippen LogP contribution in [0.4, 0.5) is 0 Å². The highest BCUT2D eigenvalue weighted by Gasteiger charge is 2.05. The van der Waals surface area contributed by atoms with E-state index in [2.05, 4.69) is 6.58 Å². The molecule has 0 bridgehead atoms. The first-order chi connectivity index (χ1) is 8.67. The van der Waals surface area contributed by atoms with Gasteiger partial charge in [-0.15, -0.1) is 0 Å². The summed E-state index contributed by atoms with van der Waals surface area (Å²) in [7, 11) is 1.54. The summed E-state index contributed by atoms with van der Waals surface area (Å²) in [6, 6.07) is 8.93. The fourth-order valence-electron chi connectivity index (χ4n) is 1.17. The summed E-state index contributed by atoms with van der Waals surface area (Å²) in [6.45, 7) is 5.26. The maximum atomic E-state index is 11.7. The van der Waals surface area contributed by atoms with Crippen LogP contribution in [0.5, 0.6) is 5.75 Å². The molecule has 0 aromatic heterocycles. The molecule has 1 aromatic carbocycles. The van der Waals surface area contributed by atoms with Gasteiger partial charge in [-0.1, -0.05) is 24.8 Å². The summed E-state index contributed by atoms with van der Waals surface area (Å²) in [4.78, 5) is 11.7. The van der Waals surface area contributed by atoms with Crippen LogP contribution in [0.15, 0.2) is 66.5 Å². The zero-order chi connectivity index (χ0) is 13.4. The lowest BCUT2D eigenvalue weighted by molar-refractivity contribution is -0.130. The summed E-state index contributed by atoms with van der Waals surface area (Å²) >= 11 is 0. The van der Waals surface area contributed by atoms with Crippen molar-refractivity contribution in [3.05, 3.63) is 66.5 Å². The largest absolute Gasteiger partial charge is 0.497 e. The second-order valence-electron chi connectivity index (χ2n) is 3.53. The summed E-state index contributed by atoms with van der Waals surface area (Å²) in [5, 5.41) is 0. The molecule has 94 valence electrons. The number of ether oxygens (including phenoxy) is 2. The predicted octanol–water partition coefficient (Wildman–Crippen LogP) is 3.25. The normalized spacial score (nSPS) is 11.9. The zero-order valence-corrected chi connectivity index (χ0v) is 10.6. The molecule has 1 aromatic rings. The number of carbonyl (C=O) groups is 1. The second kappa shape index (κ2) is 7.12. The van der Waals surface area contributed by atoms with E-state index in [1.807, 2.05) is 18.2 Å². The first kappa shape index (κ1) is 13.8. The van der Waals surface area contributed by atoms with Gasteiger partial charge in [-0.3, -0.25) is 0 Å². The summed E-state index contributed by atoms with van der Waals surface area (Å²) < 4.78 is 10.2. The number of allylic oxidation sites excluding steroid dienone is 3. The molecule has 0 atom stereocenters. The summed E-state index contributed by atoms with van der Waals surface area (Å²) in [5.41, 5.74) is 0.482. The van der Waals surface area contributed by atoms with Crippen LogP contribution in [0, 0.1) is 0 Å². The van der Waals surface area contributed by atoms with Crippen molar-refractivity contribution in [2.45, 2.75) is 6.92 Å². The van der Waals surface area contributed by atoms with E-state index in [0.717, 1.165) is 0 Å². The Hall–Kier alpha value is -2.29. The first-order valence-corrected chi connectivity index (χ1v) is 5.49. The third-order valence-corrected chi connectivity index (χ3v) is 2.21. The molecular weight excluding hydrogens is 228 g/mol. The standard InChI is InChI=1S/C15H16O3/c1-4-13(17-3)11-10-12(2)15(16)18-14-8-6-5-7-9-14/h4-11H,1H2,2-3H3/b12-10+,13-11+. The Kier molecular flexibility index (Phi) is 5.45. The van der Waals surface area contributed by atoms with E-state index < -0.39 is 5.97 Å². The van der Waals surface area contributed by atoms with Crippen molar-refractivity contribution < 1.29 is 14.3 Å². The van der Waals surface area contributed by atoms with Crippen LogP contribution in [-0.2, 0) is 9.53 Å². The van der Waals surface area contributed by atoms with E-state index in [1.54, 1.807) is 44.4 Å². The lowest BCUT2D eigenvalue weighted by Crippen LogP contribution is -2.08. The Morgan fingerprint density at radius 2 is 1.89 bits per heavy atom. The van der Waals surface area contributed by atoms with Gasteiger partial charge in [0.05, 0.1) is 7.11 Å². The highest BCUT2D eigenvalue weighted by Crippen LogP contribution is 2.11. The molecule has 18 heavy (non-hydrogen) atoms. The number of hydrogen-bond donors (Lipinski definition) is 0. The van der Waals surface area contributed by atoms with Gasteiger partial charge in [-0.05, 0) is 37.3 Å². The predicted molar refractivity (Wildman–Crippen MR) is 71.1 cm³/mol. The minimum absolute atomic E-state index is 0.392. The Morgan fingerprint density at radius 1 is 1.22 bits per heavy atom. The number of para-hydroxylation sites is 1. The zero-order valence-electron chi connectivity index (χ0n) is 10.6. The molecule has 0 heterocycles. The topological polar surface area (TPSA) is 35.5 Å². The van der Waals surface area contributed by atoms with Crippen molar-refractivity contribution in [1.29, 1.82) is 0 Å². The maximum absolute atomic E-state index is 11.7. The number of rotatable bonds is 5. The van der Waals surface area contributed by atoms with Crippen LogP contribution in [-0.4, -0.2) is 13.1 Å². The van der Waals surface area contributed by atoms with Gasteiger partial charge in [-0.2, -0.15) is 0 Å². The molecule has 0 amide bonds. The Bertz CT molecular complexity index is 470. The molecule has 0 radical (unpaired) electrons. The number of carbonyl (C=O) groups excluding carboxylic acids is 1. The van der Waals surface area contributed by atoms with Gasteiger partial charge < -0.3 is 9.47 Å². The Balaban J connectivity index is 2.70. The second-order valence-corrected chi connectivity index (χ2v) is 3.53. The third-order valence-electron chi connectivity index (χ3n) is 2.21. The van der Waals surface area contributed by atoms with Crippen LogP contribution in [0.1, 0.15) is 6.92 Å². The van der Waals surface area contributed by atoms with Gasteiger partial charge in [0.1, 0.15) is 11.5 Å². The minimum Gasteiger partial charge on any atom is -0.497 e. The van der Waals surface area contributed by atoms with Gasteiger partial charge in [0.25, 0.3) is 0 Å². The van der Waals surface area contributed by atoms with E-state index in [1.165, 1.54) is 0 Å². The van der Waals surface area contributed by atoms with E-state index in [0.29, 0.717) is 17.1 Å². The first-order valence-electron chi connectivity index (χ1n) is 5.49. The minimum atomic E-state index is -0.392. The fraction of sp³-hybridized carbons (Fsp3) is 0.133. The molecular formula is C15H16O3. The molecule has 0 aliphatic carbocycles. The highest BCUT2D eigenvalue weighted by molar-refractivity contribution is 5.89. The Labute approximate surface area is 107 Å². The maximum Gasteiger partial charge on any atom is 0.339 e. The number of esters is 1. The lowest BCUT2D eigenvalue weighted by atomic mass is 10.2. The average Bonchev–Trinajstić information content (AvgIpc) is 2.40. The third kappa shape index (κ3) is 4.29. The van der Waals surface area contributed by atoms with Gasteiger partial charge in [0.15, 0.2) is 0 Å². The number of methoxy groups -OCH3 is 1. The van der Waals surface area contributed by atoms with E-state index in [9.17, 15) is 4.79 Å². The van der Waals surface area contributed by atoms with E-state index in [-0.39, 0.29) is 0 Å². The van der Waals surface area contributed by atoms with Crippen molar-refractivity contribution >= 4 is 5.97 Å². The Morgan fingerprint density at radius 3 is 2.44 bits per heavy atom. The molecule has 0 saturated heterocycles. The van der Waals surface area contributed by atoms with Crippen LogP contribution in [0.25, 0.3) is 0 Å². The molecule has 3 heteroatoms. The van der Waals surface area contributed by atoms with Crippen molar-refractivity contribution in [2.75, 3.05) is 7.11 Å². The van der Waals surface area contributed by atoms with Crippen LogP contribution < -0.4 is 4.74 Å². The smallest absolute Gasteiger partial charge is 0.339 e. The molecule has 0 aliphatic heterocycles. The molecule has 0 N–H and O–H groups in total. The van der Waals surface area contributed by atoms with Gasteiger partial charge in [-0.25, -0.2) is 4.79 Å². The van der Waals surface area contributed by atoms with E-state index >= 15 is 0 Å². The fourth-order valence-corrected chi connectivity index (χ4v) is 1.17. The molecule has 0 aliphatic rings. The van der Waals surface area contributed by atoms with Gasteiger partial charge in [0, 0.05) is 5.57 Å². The van der Waals surface area contributed by atoms with Gasteiger partial charge >= 0.3 is 5.97 Å². The van der Waals surface area contributed by atoms with Crippen molar-refractivity contribution in [3.63, 3.8) is 0 Å². The molecule has 1 rings (SSSR count). The molecule has 0 fully saturated rings. The van der Waals surface area contributed by atoms with Crippen LogP contribution in [0.3, 0.4) is 0 Å². The number of benzene rings is 1. The highest BCUT2D eigenvalue weighted by atomic mass is 16.5. The molecule has 0 unspecified atom stereocenters. The number of hydrogen-bond acceptors (Lipinski definition) is 3. The van der Waals surface area contributed by atoms with Crippen molar-refractivity contribution in [2.24, 2.45) is 0 Å². The lowest BCUT2D eigenvalue weighted by Gasteiger charge is -2.03.